The van der Waals surface area contributed by atoms with E-state index in [2.05, 4.69) is 35.4 Å². The molecule has 1 aliphatic heterocycles. The highest BCUT2D eigenvalue weighted by Crippen LogP contribution is 2.28. The van der Waals surface area contributed by atoms with Gasteiger partial charge in [0, 0.05) is 41.7 Å². The summed E-state index contributed by atoms with van der Waals surface area (Å²) in [7, 11) is -1.77. The van der Waals surface area contributed by atoms with Crippen LogP contribution >= 0.6 is 15.9 Å². The van der Waals surface area contributed by atoms with Crippen molar-refractivity contribution in [2.75, 3.05) is 42.8 Å². The Morgan fingerprint density at radius 1 is 1.06 bits per heavy atom. The highest BCUT2D eigenvalue weighted by molar-refractivity contribution is 9.10. The zero-order valence-corrected chi connectivity index (χ0v) is 19.1. The Kier molecular flexibility index (Phi) is 5.87. The summed E-state index contributed by atoms with van der Waals surface area (Å²) in [5.74, 6) is -0.475. The summed E-state index contributed by atoms with van der Waals surface area (Å²) in [6, 6.07) is 12.5. The van der Waals surface area contributed by atoms with Crippen LogP contribution in [0, 0.1) is 0 Å². The van der Waals surface area contributed by atoms with Crippen molar-refractivity contribution in [2.24, 2.45) is 0 Å². The highest BCUT2D eigenvalue weighted by atomic mass is 79.9. The number of rotatable bonds is 5. The SMILES string of the molecule is CN1CCN(c2cc(C(=O)O)c3cc(NS(=O)(=O)c4ccc(Br)cc4)ccc3n2)CC1. The summed E-state index contributed by atoms with van der Waals surface area (Å²) in [6.45, 7) is 3.27. The van der Waals surface area contributed by atoms with Crippen molar-refractivity contribution in [1.29, 1.82) is 0 Å². The molecule has 1 fully saturated rings. The van der Waals surface area contributed by atoms with Gasteiger partial charge in [0.2, 0.25) is 0 Å². The van der Waals surface area contributed by atoms with E-state index in [0.29, 0.717) is 16.7 Å². The number of anilines is 2. The lowest BCUT2D eigenvalue weighted by molar-refractivity contribution is 0.0699. The molecule has 0 saturated carbocycles. The van der Waals surface area contributed by atoms with E-state index < -0.39 is 16.0 Å². The molecule has 8 nitrogen and oxygen atoms in total. The van der Waals surface area contributed by atoms with Gasteiger partial charge in [0.15, 0.2) is 0 Å². The Morgan fingerprint density at radius 2 is 1.74 bits per heavy atom. The monoisotopic (exact) mass is 504 g/mol. The molecule has 0 bridgehead atoms. The number of piperazine rings is 1. The molecule has 162 valence electrons. The van der Waals surface area contributed by atoms with Crippen LogP contribution < -0.4 is 9.62 Å². The van der Waals surface area contributed by atoms with E-state index in [4.69, 9.17) is 0 Å². The van der Waals surface area contributed by atoms with E-state index in [-0.39, 0.29) is 16.1 Å². The number of aromatic carboxylic acids is 1. The zero-order valence-electron chi connectivity index (χ0n) is 16.7. The van der Waals surface area contributed by atoms with Gasteiger partial charge >= 0.3 is 5.97 Å². The number of nitrogens with one attached hydrogen (secondary N) is 1. The van der Waals surface area contributed by atoms with Gasteiger partial charge in [-0.1, -0.05) is 15.9 Å². The molecule has 0 amide bonds. The largest absolute Gasteiger partial charge is 0.478 e. The number of likely N-dealkylation sites (N-methyl/N-ethyl adjacent to an activating group) is 1. The van der Waals surface area contributed by atoms with E-state index in [1.165, 1.54) is 18.2 Å². The lowest BCUT2D eigenvalue weighted by atomic mass is 10.1. The molecule has 0 aliphatic carbocycles. The van der Waals surface area contributed by atoms with E-state index in [1.54, 1.807) is 30.3 Å². The Labute approximate surface area is 188 Å². The first-order chi connectivity index (χ1) is 14.7. The molecule has 1 saturated heterocycles. The number of benzene rings is 2. The minimum absolute atomic E-state index is 0.0867. The van der Waals surface area contributed by atoms with E-state index in [1.807, 2.05) is 7.05 Å². The fourth-order valence-corrected chi connectivity index (χ4v) is 4.79. The molecule has 31 heavy (non-hydrogen) atoms. The third kappa shape index (κ3) is 4.65. The van der Waals surface area contributed by atoms with Gasteiger partial charge in [0.25, 0.3) is 10.0 Å². The van der Waals surface area contributed by atoms with Crippen molar-refractivity contribution >= 4 is 54.3 Å². The Morgan fingerprint density at radius 3 is 2.39 bits per heavy atom. The third-order valence-electron chi connectivity index (χ3n) is 5.23. The molecule has 0 atom stereocenters. The number of pyridine rings is 1. The van der Waals surface area contributed by atoms with Gasteiger partial charge in [-0.15, -0.1) is 0 Å². The van der Waals surface area contributed by atoms with E-state index in [9.17, 15) is 18.3 Å². The van der Waals surface area contributed by atoms with Crippen molar-refractivity contribution in [3.63, 3.8) is 0 Å². The number of aromatic nitrogens is 1. The van der Waals surface area contributed by atoms with Gasteiger partial charge in [-0.2, -0.15) is 0 Å². The molecule has 0 radical (unpaired) electrons. The van der Waals surface area contributed by atoms with Crippen molar-refractivity contribution in [2.45, 2.75) is 4.90 Å². The molecular weight excluding hydrogens is 484 g/mol. The standard InChI is InChI=1S/C21H21BrN4O4S/c1-25-8-10-26(11-9-25)20-13-18(21(27)28)17-12-15(4-7-19(17)23-20)24-31(29,30)16-5-2-14(22)3-6-16/h2-7,12-13,24H,8-11H2,1H3,(H,27,28). The summed E-state index contributed by atoms with van der Waals surface area (Å²) in [5.41, 5.74) is 0.858. The van der Waals surface area contributed by atoms with Crippen molar-refractivity contribution in [1.82, 2.24) is 9.88 Å². The van der Waals surface area contributed by atoms with E-state index in [0.717, 1.165) is 30.7 Å². The fourth-order valence-electron chi connectivity index (χ4n) is 3.48. The number of sulfonamides is 1. The number of hydrogen-bond donors (Lipinski definition) is 2. The summed E-state index contributed by atoms with van der Waals surface area (Å²) in [6.07, 6.45) is 0. The predicted molar refractivity (Wildman–Crippen MR) is 123 cm³/mol. The average Bonchev–Trinajstić information content (AvgIpc) is 2.73. The molecule has 1 aromatic heterocycles. The molecule has 2 aromatic carbocycles. The maximum absolute atomic E-state index is 12.7. The molecule has 0 unspecified atom stereocenters. The van der Waals surface area contributed by atoms with Crippen LogP contribution in [0.25, 0.3) is 10.9 Å². The van der Waals surface area contributed by atoms with Crippen LogP contribution in [0.4, 0.5) is 11.5 Å². The molecule has 3 aromatic rings. The predicted octanol–water partition coefficient (Wildman–Crippen LogP) is 3.25. The maximum Gasteiger partial charge on any atom is 0.336 e. The second-order valence-electron chi connectivity index (χ2n) is 7.41. The first-order valence-corrected chi connectivity index (χ1v) is 11.9. The quantitative estimate of drug-likeness (QED) is 0.549. The summed E-state index contributed by atoms with van der Waals surface area (Å²) >= 11 is 3.28. The van der Waals surface area contributed by atoms with Gasteiger partial charge < -0.3 is 14.9 Å². The van der Waals surface area contributed by atoms with Gasteiger partial charge in [0.1, 0.15) is 5.82 Å². The lowest BCUT2D eigenvalue weighted by Crippen LogP contribution is -2.44. The van der Waals surface area contributed by atoms with Crippen LogP contribution in [0.1, 0.15) is 10.4 Å². The number of carbonyl (C=O) groups is 1. The molecule has 4 rings (SSSR count). The first kappa shape index (κ1) is 21.5. The summed E-state index contributed by atoms with van der Waals surface area (Å²) < 4.78 is 28.7. The second-order valence-corrected chi connectivity index (χ2v) is 10.0. The van der Waals surface area contributed by atoms with Crippen LogP contribution in [0.15, 0.2) is 57.9 Å². The van der Waals surface area contributed by atoms with Crippen LogP contribution in [0.3, 0.4) is 0 Å². The number of fused-ring (bicyclic) bond motifs is 1. The van der Waals surface area contributed by atoms with Gasteiger partial charge in [-0.3, -0.25) is 4.72 Å². The van der Waals surface area contributed by atoms with Gasteiger partial charge in [-0.05, 0) is 55.6 Å². The molecular formula is C21H21BrN4O4S. The Hall–Kier alpha value is -2.69. The minimum atomic E-state index is -3.81. The topological polar surface area (TPSA) is 103 Å². The molecule has 0 spiro atoms. The molecule has 2 N–H and O–H groups in total. The molecule has 1 aliphatic rings. The number of carboxylic acid groups (broad SMARTS) is 1. The Bertz CT molecular complexity index is 1240. The molecule has 2 heterocycles. The van der Waals surface area contributed by atoms with Crippen molar-refractivity contribution in [3.8, 4) is 0 Å². The molecule has 10 heteroatoms. The number of halogens is 1. The van der Waals surface area contributed by atoms with Crippen LogP contribution in [-0.2, 0) is 10.0 Å². The minimum Gasteiger partial charge on any atom is -0.478 e. The number of carboxylic acids is 1. The number of nitrogens with zero attached hydrogens (tertiary/aromatic N) is 3. The Balaban J connectivity index is 1.70. The maximum atomic E-state index is 12.7. The van der Waals surface area contributed by atoms with Crippen LogP contribution in [0.2, 0.25) is 0 Å². The first-order valence-electron chi connectivity index (χ1n) is 9.63. The van der Waals surface area contributed by atoms with E-state index >= 15 is 0 Å². The average molecular weight is 505 g/mol. The zero-order chi connectivity index (χ0) is 22.2. The number of hydrogen-bond acceptors (Lipinski definition) is 6. The normalized spacial score (nSPS) is 15.2. The smallest absolute Gasteiger partial charge is 0.336 e. The summed E-state index contributed by atoms with van der Waals surface area (Å²) in [4.78, 5) is 21.0. The van der Waals surface area contributed by atoms with Crippen molar-refractivity contribution < 1.29 is 18.3 Å². The van der Waals surface area contributed by atoms with Crippen LogP contribution in [-0.4, -0.2) is 62.6 Å². The van der Waals surface area contributed by atoms with Crippen LogP contribution in [0.5, 0.6) is 0 Å². The third-order valence-corrected chi connectivity index (χ3v) is 7.15. The lowest BCUT2D eigenvalue weighted by Gasteiger charge is -2.33. The highest BCUT2D eigenvalue weighted by Gasteiger charge is 2.20. The van der Waals surface area contributed by atoms with Gasteiger partial charge in [0.05, 0.1) is 16.0 Å². The van der Waals surface area contributed by atoms with Gasteiger partial charge in [-0.25, -0.2) is 18.2 Å². The van der Waals surface area contributed by atoms with Crippen molar-refractivity contribution in [3.05, 3.63) is 58.6 Å². The summed E-state index contributed by atoms with van der Waals surface area (Å²) in [5, 5.41) is 10.2. The second kappa shape index (κ2) is 8.45. The fraction of sp³-hybridized carbons (Fsp3) is 0.238.